The smallest absolute Gasteiger partial charge is 0.100 e. The molecule has 0 saturated carbocycles. The van der Waals surface area contributed by atoms with Crippen molar-refractivity contribution in [2.75, 3.05) is 0 Å². The van der Waals surface area contributed by atoms with Gasteiger partial charge in [-0.1, -0.05) is 36.7 Å². The predicted octanol–water partition coefficient (Wildman–Crippen LogP) is 2.81. The molecular formula is C13H17ClN4. The first-order chi connectivity index (χ1) is 8.54. The molecule has 0 amide bonds. The summed E-state index contributed by atoms with van der Waals surface area (Å²) in [6, 6.07) is 5.75. The molecule has 5 heteroatoms. The Morgan fingerprint density at radius 1 is 1.39 bits per heavy atom. The van der Waals surface area contributed by atoms with Crippen LogP contribution in [0.3, 0.4) is 0 Å². The molecule has 2 rings (SSSR count). The van der Waals surface area contributed by atoms with Gasteiger partial charge in [-0.25, -0.2) is 4.68 Å². The molecule has 0 aliphatic heterocycles. The molecule has 0 spiro atoms. The van der Waals surface area contributed by atoms with Gasteiger partial charge in [-0.15, -0.1) is 5.10 Å². The van der Waals surface area contributed by atoms with Crippen molar-refractivity contribution in [3.05, 3.63) is 40.2 Å². The fourth-order valence-electron chi connectivity index (χ4n) is 2.03. The first-order valence-electron chi connectivity index (χ1n) is 5.95. The minimum atomic E-state index is 0.303. The molecule has 1 aromatic carbocycles. The van der Waals surface area contributed by atoms with Crippen molar-refractivity contribution in [3.63, 3.8) is 0 Å². The lowest BCUT2D eigenvalue weighted by Crippen LogP contribution is -2.08. The molecule has 96 valence electrons. The summed E-state index contributed by atoms with van der Waals surface area (Å²) < 4.78 is 1.84. The summed E-state index contributed by atoms with van der Waals surface area (Å²) in [7, 11) is 0. The van der Waals surface area contributed by atoms with Crippen molar-refractivity contribution in [1.82, 2.24) is 15.0 Å². The zero-order valence-electron chi connectivity index (χ0n) is 10.8. The summed E-state index contributed by atoms with van der Waals surface area (Å²) in [4.78, 5) is 0. The van der Waals surface area contributed by atoms with E-state index in [2.05, 4.69) is 24.2 Å². The zero-order chi connectivity index (χ0) is 13.3. The number of hydrogen-bond acceptors (Lipinski definition) is 3. The van der Waals surface area contributed by atoms with E-state index < -0.39 is 0 Å². The van der Waals surface area contributed by atoms with E-state index in [0.29, 0.717) is 17.5 Å². The van der Waals surface area contributed by atoms with Crippen molar-refractivity contribution >= 4 is 11.6 Å². The lowest BCUT2D eigenvalue weighted by Gasteiger charge is -2.12. The van der Waals surface area contributed by atoms with Crippen LogP contribution in [-0.4, -0.2) is 15.0 Å². The number of rotatable bonds is 3. The van der Waals surface area contributed by atoms with Crippen molar-refractivity contribution in [1.29, 1.82) is 0 Å². The Bertz CT molecular complexity index is 560. The van der Waals surface area contributed by atoms with Gasteiger partial charge in [-0.05, 0) is 30.5 Å². The number of nitrogens with two attached hydrogens (primary N) is 1. The maximum Gasteiger partial charge on any atom is 0.100 e. The molecule has 0 radical (unpaired) electrons. The molecule has 0 aliphatic rings. The first-order valence-corrected chi connectivity index (χ1v) is 6.33. The van der Waals surface area contributed by atoms with Crippen LogP contribution in [0.2, 0.25) is 5.02 Å². The maximum absolute atomic E-state index is 6.05. The van der Waals surface area contributed by atoms with Gasteiger partial charge in [-0.3, -0.25) is 0 Å². The summed E-state index contributed by atoms with van der Waals surface area (Å²) >= 11 is 6.05. The third-order valence-electron chi connectivity index (χ3n) is 2.92. The Morgan fingerprint density at radius 3 is 2.72 bits per heavy atom. The van der Waals surface area contributed by atoms with Gasteiger partial charge < -0.3 is 5.73 Å². The molecule has 2 aromatic rings. The minimum Gasteiger partial charge on any atom is -0.325 e. The highest BCUT2D eigenvalue weighted by Gasteiger charge is 2.17. The van der Waals surface area contributed by atoms with Gasteiger partial charge in [0.2, 0.25) is 0 Å². The van der Waals surface area contributed by atoms with Gasteiger partial charge in [0.25, 0.3) is 0 Å². The summed E-state index contributed by atoms with van der Waals surface area (Å²) in [6.45, 7) is 6.63. The van der Waals surface area contributed by atoms with Crippen LogP contribution in [0.15, 0.2) is 18.2 Å². The highest BCUT2D eigenvalue weighted by molar-refractivity contribution is 6.30. The molecule has 0 atom stereocenters. The molecule has 1 aromatic heterocycles. The molecule has 1 heterocycles. The quantitative estimate of drug-likeness (QED) is 0.927. The molecule has 0 saturated heterocycles. The molecular weight excluding hydrogens is 248 g/mol. The monoisotopic (exact) mass is 264 g/mol. The van der Waals surface area contributed by atoms with E-state index in [9.17, 15) is 0 Å². The zero-order valence-corrected chi connectivity index (χ0v) is 11.6. The average Bonchev–Trinajstić information content (AvgIpc) is 2.75. The van der Waals surface area contributed by atoms with E-state index in [1.807, 2.05) is 29.8 Å². The van der Waals surface area contributed by atoms with Crippen molar-refractivity contribution in [2.24, 2.45) is 5.73 Å². The second-order valence-electron chi connectivity index (χ2n) is 4.62. The Labute approximate surface area is 112 Å². The van der Waals surface area contributed by atoms with E-state index in [-0.39, 0.29) is 0 Å². The van der Waals surface area contributed by atoms with E-state index in [1.54, 1.807) is 0 Å². The van der Waals surface area contributed by atoms with Gasteiger partial charge in [0.1, 0.15) is 5.69 Å². The van der Waals surface area contributed by atoms with Crippen molar-refractivity contribution in [2.45, 2.75) is 33.2 Å². The Kier molecular flexibility index (Phi) is 3.68. The van der Waals surface area contributed by atoms with Crippen molar-refractivity contribution < 1.29 is 0 Å². The highest BCUT2D eigenvalue weighted by Crippen LogP contribution is 2.25. The lowest BCUT2D eigenvalue weighted by atomic mass is 10.1. The van der Waals surface area contributed by atoms with E-state index in [1.165, 1.54) is 0 Å². The fourth-order valence-corrected chi connectivity index (χ4v) is 2.20. The van der Waals surface area contributed by atoms with Crippen LogP contribution in [0.4, 0.5) is 0 Å². The SMILES string of the molecule is Cc1ccc(Cl)cc1-n1nnc(CN)c1C(C)C. The summed E-state index contributed by atoms with van der Waals surface area (Å²) in [5.41, 5.74) is 9.65. The van der Waals surface area contributed by atoms with Gasteiger partial charge in [0.15, 0.2) is 0 Å². The number of aromatic nitrogens is 3. The summed E-state index contributed by atoms with van der Waals surface area (Å²) in [6.07, 6.45) is 0. The number of nitrogens with zero attached hydrogens (tertiary/aromatic N) is 3. The molecule has 0 bridgehead atoms. The fraction of sp³-hybridized carbons (Fsp3) is 0.385. The van der Waals surface area contributed by atoms with Crippen LogP contribution >= 0.6 is 11.6 Å². The van der Waals surface area contributed by atoms with Crippen molar-refractivity contribution in [3.8, 4) is 5.69 Å². The standard InChI is InChI=1S/C13H17ClN4/c1-8(2)13-11(7-15)16-17-18(13)12-6-10(14)5-4-9(12)3/h4-6,8H,7,15H2,1-3H3. The normalized spacial score (nSPS) is 11.2. The number of halogens is 1. The number of benzene rings is 1. The molecule has 0 fully saturated rings. The Morgan fingerprint density at radius 2 is 2.11 bits per heavy atom. The van der Waals surface area contributed by atoms with Gasteiger partial charge >= 0.3 is 0 Å². The van der Waals surface area contributed by atoms with E-state index in [0.717, 1.165) is 22.6 Å². The third kappa shape index (κ3) is 2.26. The topological polar surface area (TPSA) is 56.7 Å². The predicted molar refractivity (Wildman–Crippen MR) is 73.1 cm³/mol. The van der Waals surface area contributed by atoms with Crippen LogP contribution in [0.5, 0.6) is 0 Å². The van der Waals surface area contributed by atoms with E-state index >= 15 is 0 Å². The summed E-state index contributed by atoms with van der Waals surface area (Å²) in [5.74, 6) is 0.303. The number of hydrogen-bond donors (Lipinski definition) is 1. The molecule has 0 aliphatic carbocycles. The van der Waals surface area contributed by atoms with Crippen LogP contribution in [-0.2, 0) is 6.54 Å². The Balaban J connectivity index is 2.63. The highest BCUT2D eigenvalue weighted by atomic mass is 35.5. The molecule has 2 N–H and O–H groups in total. The second kappa shape index (κ2) is 5.08. The van der Waals surface area contributed by atoms with Crippen LogP contribution in [0, 0.1) is 6.92 Å². The van der Waals surface area contributed by atoms with E-state index in [4.69, 9.17) is 17.3 Å². The van der Waals surface area contributed by atoms with Crippen LogP contribution in [0.25, 0.3) is 5.69 Å². The molecule has 4 nitrogen and oxygen atoms in total. The minimum absolute atomic E-state index is 0.303. The molecule has 0 unspecified atom stereocenters. The third-order valence-corrected chi connectivity index (χ3v) is 3.15. The lowest BCUT2D eigenvalue weighted by molar-refractivity contribution is 0.711. The largest absolute Gasteiger partial charge is 0.325 e. The Hall–Kier alpha value is -1.39. The number of aryl methyl sites for hydroxylation is 1. The van der Waals surface area contributed by atoms with Crippen LogP contribution in [0.1, 0.15) is 36.7 Å². The summed E-state index contributed by atoms with van der Waals surface area (Å²) in [5, 5.41) is 9.05. The van der Waals surface area contributed by atoms with Gasteiger partial charge in [0, 0.05) is 11.6 Å². The van der Waals surface area contributed by atoms with Gasteiger partial charge in [-0.2, -0.15) is 0 Å². The second-order valence-corrected chi connectivity index (χ2v) is 5.06. The van der Waals surface area contributed by atoms with Crippen LogP contribution < -0.4 is 5.73 Å². The maximum atomic E-state index is 6.05. The first kappa shape index (κ1) is 13.1. The molecule has 18 heavy (non-hydrogen) atoms. The van der Waals surface area contributed by atoms with Gasteiger partial charge in [0.05, 0.1) is 11.4 Å². The average molecular weight is 265 g/mol.